The van der Waals surface area contributed by atoms with Crippen molar-refractivity contribution in [2.24, 2.45) is 0 Å². The third-order valence-electron chi connectivity index (χ3n) is 13.7. The van der Waals surface area contributed by atoms with Crippen molar-refractivity contribution in [2.45, 2.75) is 11.6 Å². The Morgan fingerprint density at radius 1 is 0.468 bits per heavy atom. The maximum absolute atomic E-state index is 7.28. The molecule has 11 aromatic rings. The molecule has 14 rings (SSSR count). The highest BCUT2D eigenvalue weighted by Crippen LogP contribution is 2.62. The van der Waals surface area contributed by atoms with E-state index < -0.39 is 5.41 Å². The quantitative estimate of drug-likeness (QED) is 0.180. The zero-order valence-electron chi connectivity index (χ0n) is 33.5. The van der Waals surface area contributed by atoms with Crippen molar-refractivity contribution in [1.82, 2.24) is 14.5 Å². The number of rotatable bonds is 4. The number of hydrogen-bond donors (Lipinski definition) is 1. The summed E-state index contributed by atoms with van der Waals surface area (Å²) in [6.07, 6.45) is 0.0290. The highest BCUT2D eigenvalue weighted by Gasteiger charge is 2.51. The second kappa shape index (κ2) is 12.4. The third-order valence-corrected chi connectivity index (χ3v) is 13.7. The summed E-state index contributed by atoms with van der Waals surface area (Å²) < 4.78 is 14.6. The molecular weight excluding hydrogens is 757 g/mol. The Kier molecular flexibility index (Phi) is 6.76. The van der Waals surface area contributed by atoms with Crippen molar-refractivity contribution >= 4 is 55.1 Å². The summed E-state index contributed by atoms with van der Waals surface area (Å²) in [5.74, 6) is 2.89. The third kappa shape index (κ3) is 4.29. The lowest BCUT2D eigenvalue weighted by Gasteiger charge is -2.45. The van der Waals surface area contributed by atoms with Gasteiger partial charge in [-0.3, -0.25) is 0 Å². The van der Waals surface area contributed by atoms with Gasteiger partial charge in [0, 0.05) is 38.5 Å². The minimum Gasteiger partial charge on any atom is -0.456 e. The van der Waals surface area contributed by atoms with E-state index in [-0.39, 0.29) is 6.17 Å². The fourth-order valence-electron chi connectivity index (χ4n) is 11.2. The molecule has 5 heteroatoms. The van der Waals surface area contributed by atoms with E-state index in [1.807, 2.05) is 0 Å². The molecule has 0 saturated carbocycles. The molecular formula is C57H37N4O+. The zero-order chi connectivity index (χ0) is 40.5. The number of ether oxygens (including phenoxy) is 1. The lowest BCUT2D eigenvalue weighted by Crippen LogP contribution is -2.51. The van der Waals surface area contributed by atoms with Crippen molar-refractivity contribution in [3.05, 3.63) is 246 Å². The van der Waals surface area contributed by atoms with E-state index in [1.165, 1.54) is 44.2 Å². The first-order chi connectivity index (χ1) is 30.8. The molecule has 62 heavy (non-hydrogen) atoms. The molecule has 5 nitrogen and oxygen atoms in total. The second-order valence-corrected chi connectivity index (χ2v) is 16.7. The normalized spacial score (nSPS) is 17.1. The number of benzene rings is 9. The van der Waals surface area contributed by atoms with Gasteiger partial charge in [0.1, 0.15) is 17.2 Å². The van der Waals surface area contributed by atoms with Gasteiger partial charge >= 0.3 is 0 Å². The predicted octanol–water partition coefficient (Wildman–Crippen LogP) is 13.1. The molecule has 0 fully saturated rings. The van der Waals surface area contributed by atoms with Crippen molar-refractivity contribution in [3.63, 3.8) is 0 Å². The first kappa shape index (κ1) is 33.7. The molecule has 2 aromatic heterocycles. The fraction of sp³-hybridized carbons (Fsp3) is 0.0351. The van der Waals surface area contributed by atoms with Gasteiger partial charge in [0.2, 0.25) is 0 Å². The summed E-state index contributed by atoms with van der Waals surface area (Å²) in [5.41, 5.74) is 14.7. The van der Waals surface area contributed by atoms with Crippen LogP contribution in [0, 0.1) is 0 Å². The summed E-state index contributed by atoms with van der Waals surface area (Å²) in [6.45, 7) is 0. The van der Waals surface area contributed by atoms with E-state index >= 15 is 0 Å². The summed E-state index contributed by atoms with van der Waals surface area (Å²) >= 11 is 0. The molecule has 0 bridgehead atoms. The van der Waals surface area contributed by atoms with Crippen LogP contribution in [0.2, 0.25) is 0 Å². The van der Waals surface area contributed by atoms with E-state index in [9.17, 15) is 0 Å². The fourth-order valence-corrected chi connectivity index (χ4v) is 11.2. The van der Waals surface area contributed by atoms with Crippen LogP contribution in [-0.4, -0.2) is 19.5 Å². The minimum atomic E-state index is -0.642. The Bertz CT molecular complexity index is 3690. The van der Waals surface area contributed by atoms with E-state index in [4.69, 9.17) is 4.74 Å². The maximum Gasteiger partial charge on any atom is 0.289 e. The Balaban J connectivity index is 1.01. The molecule has 2 atom stereocenters. The zero-order valence-corrected chi connectivity index (χ0v) is 33.5. The van der Waals surface area contributed by atoms with Crippen molar-refractivity contribution in [1.29, 1.82) is 0 Å². The molecule has 5 heterocycles. The Morgan fingerprint density at radius 3 is 1.94 bits per heavy atom. The van der Waals surface area contributed by atoms with Gasteiger partial charge < -0.3 is 13.9 Å². The van der Waals surface area contributed by atoms with Gasteiger partial charge in [0.25, 0.3) is 12.0 Å². The number of nitrogens with one attached hydrogen (secondary N) is 1. The molecule has 2 unspecified atom stereocenters. The molecule has 0 aliphatic carbocycles. The lowest BCUT2D eigenvalue weighted by molar-refractivity contribution is -0.531. The number of fused-ring (bicyclic) bond motifs is 15. The number of amidine groups is 1. The highest BCUT2D eigenvalue weighted by atomic mass is 16.5. The molecule has 0 saturated heterocycles. The van der Waals surface area contributed by atoms with E-state index in [1.54, 1.807) is 0 Å². The van der Waals surface area contributed by atoms with Gasteiger partial charge in [-0.1, -0.05) is 146 Å². The standard InChI is InChI=1S/C57H36N4O/c1-3-16-36(17-4-1)55-58-56(37-18-5-2-6-19-37)60(55)39-32-30-38(31-33-39)59-48-27-12-8-21-42(48)52-50(59)35-34-46-54(52)62-51-29-14-10-24-44(51)57(46)43-23-9-13-28-49(43)61-47-26-11-7-20-40(47)41-22-15-25-45(57)53(41)61/h1-35,55H/p+1. The Labute approximate surface area is 357 Å². The van der Waals surface area contributed by atoms with Crippen molar-refractivity contribution < 1.29 is 9.31 Å². The van der Waals surface area contributed by atoms with Crippen LogP contribution < -0.4 is 10.1 Å². The number of nitrogens with zero attached hydrogens (tertiary/aromatic N) is 3. The van der Waals surface area contributed by atoms with E-state index in [0.717, 1.165) is 67.2 Å². The van der Waals surface area contributed by atoms with Gasteiger partial charge in [-0.2, -0.15) is 4.58 Å². The molecule has 290 valence electrons. The smallest absolute Gasteiger partial charge is 0.289 e. The summed E-state index contributed by atoms with van der Waals surface area (Å²) in [5, 5.41) is 8.55. The molecule has 0 radical (unpaired) electrons. The summed E-state index contributed by atoms with van der Waals surface area (Å²) in [4.78, 5) is 0. The van der Waals surface area contributed by atoms with Crippen LogP contribution in [-0.2, 0) is 5.41 Å². The molecule has 3 aliphatic heterocycles. The van der Waals surface area contributed by atoms with Crippen LogP contribution >= 0.6 is 0 Å². The van der Waals surface area contributed by atoms with Crippen LogP contribution in [0.15, 0.2) is 212 Å². The van der Waals surface area contributed by atoms with Gasteiger partial charge in [-0.05, 0) is 77.9 Å². The van der Waals surface area contributed by atoms with Crippen LogP contribution in [0.1, 0.15) is 39.5 Å². The number of hydrogen-bond acceptors (Lipinski definition) is 2. The van der Waals surface area contributed by atoms with Crippen LogP contribution in [0.3, 0.4) is 0 Å². The van der Waals surface area contributed by atoms with E-state index in [2.05, 4.69) is 231 Å². The minimum absolute atomic E-state index is 0.0290. The summed E-state index contributed by atoms with van der Waals surface area (Å²) in [7, 11) is 0. The van der Waals surface area contributed by atoms with Crippen LogP contribution in [0.25, 0.3) is 55.0 Å². The Morgan fingerprint density at radius 2 is 1.11 bits per heavy atom. The topological polar surface area (TPSA) is 34.1 Å². The SMILES string of the molecule is c1ccc(C2=[N+](c3ccc(-n4c5ccccc5c5c6c(ccc54)C4(c5ccccc5O6)c5ccccc5-n5c6ccccc6c6cccc4c65)cc3)C(c3ccccc3)N2)cc1. The Hall–Kier alpha value is -8.15. The molecule has 9 aromatic carbocycles. The molecule has 1 N–H and O–H groups in total. The van der Waals surface area contributed by atoms with Gasteiger partial charge in [0.15, 0.2) is 0 Å². The number of para-hydroxylation sites is 5. The van der Waals surface area contributed by atoms with E-state index in [0.29, 0.717) is 0 Å². The maximum atomic E-state index is 7.28. The lowest BCUT2D eigenvalue weighted by atomic mass is 9.61. The average Bonchev–Trinajstić information content (AvgIpc) is 3.85. The van der Waals surface area contributed by atoms with Gasteiger partial charge in [-0.25, -0.2) is 5.32 Å². The average molecular weight is 794 g/mol. The second-order valence-electron chi connectivity index (χ2n) is 16.7. The largest absolute Gasteiger partial charge is 0.456 e. The first-order valence-corrected chi connectivity index (χ1v) is 21.4. The highest BCUT2D eigenvalue weighted by molar-refractivity contribution is 6.15. The monoisotopic (exact) mass is 793 g/mol. The van der Waals surface area contributed by atoms with Crippen molar-refractivity contribution in [3.8, 4) is 22.9 Å². The first-order valence-electron chi connectivity index (χ1n) is 21.4. The number of aromatic nitrogens is 2. The van der Waals surface area contributed by atoms with Crippen molar-refractivity contribution in [2.75, 3.05) is 0 Å². The molecule has 3 aliphatic rings. The molecule has 1 spiro atoms. The van der Waals surface area contributed by atoms with Crippen LogP contribution in [0.5, 0.6) is 11.5 Å². The summed E-state index contributed by atoms with van der Waals surface area (Å²) in [6, 6.07) is 77.2. The van der Waals surface area contributed by atoms with Gasteiger partial charge in [-0.15, -0.1) is 0 Å². The molecule has 0 amide bonds. The predicted molar refractivity (Wildman–Crippen MR) is 250 cm³/mol. The van der Waals surface area contributed by atoms with Gasteiger partial charge in [0.05, 0.1) is 44.1 Å². The van der Waals surface area contributed by atoms with Crippen LogP contribution in [0.4, 0.5) is 5.69 Å².